The van der Waals surface area contributed by atoms with Gasteiger partial charge in [-0.25, -0.2) is 0 Å². The Bertz CT molecular complexity index is 229. The molecule has 1 aliphatic rings. The molecular formula is C13H24O2. The van der Waals surface area contributed by atoms with Gasteiger partial charge in [-0.15, -0.1) is 6.58 Å². The Morgan fingerprint density at radius 2 is 2.07 bits per heavy atom. The van der Waals surface area contributed by atoms with Crippen LogP contribution in [0.3, 0.4) is 0 Å². The molecule has 0 aromatic heterocycles. The fourth-order valence-corrected chi connectivity index (χ4v) is 2.71. The van der Waals surface area contributed by atoms with Crippen LogP contribution >= 0.6 is 0 Å². The molecule has 2 nitrogen and oxygen atoms in total. The molecule has 1 rings (SSSR count). The fraction of sp³-hybridized carbons (Fsp3) is 0.846. The van der Waals surface area contributed by atoms with E-state index in [1.165, 1.54) is 0 Å². The van der Waals surface area contributed by atoms with Crippen molar-refractivity contribution in [3.8, 4) is 0 Å². The number of hydrogen-bond acceptors (Lipinski definition) is 2. The molecule has 0 aromatic rings. The molecule has 15 heavy (non-hydrogen) atoms. The maximum Gasteiger partial charge on any atom is 0.0706 e. The minimum Gasteiger partial charge on any atom is -0.393 e. The van der Waals surface area contributed by atoms with Crippen LogP contribution in [0.1, 0.15) is 46.5 Å². The number of aliphatic hydroxyl groups excluding tert-OH is 1. The zero-order valence-electron chi connectivity index (χ0n) is 10.2. The molecule has 1 saturated carbocycles. The van der Waals surface area contributed by atoms with Gasteiger partial charge in [0.15, 0.2) is 0 Å². The largest absolute Gasteiger partial charge is 0.393 e. The molecule has 0 bridgehead atoms. The average molecular weight is 212 g/mol. The Balaban J connectivity index is 2.66. The van der Waals surface area contributed by atoms with Crippen molar-refractivity contribution in [1.82, 2.24) is 0 Å². The molecule has 0 amide bonds. The van der Waals surface area contributed by atoms with Crippen LogP contribution in [0.4, 0.5) is 0 Å². The molecule has 0 aromatic carbocycles. The fourth-order valence-electron chi connectivity index (χ4n) is 2.71. The van der Waals surface area contributed by atoms with E-state index in [9.17, 15) is 10.2 Å². The number of rotatable bonds is 2. The topological polar surface area (TPSA) is 40.5 Å². The molecule has 3 atom stereocenters. The van der Waals surface area contributed by atoms with Crippen LogP contribution < -0.4 is 0 Å². The highest BCUT2D eigenvalue weighted by atomic mass is 16.3. The highest BCUT2D eigenvalue weighted by Gasteiger charge is 2.42. The van der Waals surface area contributed by atoms with Crippen molar-refractivity contribution in [3.05, 3.63) is 12.7 Å². The van der Waals surface area contributed by atoms with Crippen molar-refractivity contribution < 1.29 is 10.2 Å². The van der Waals surface area contributed by atoms with Gasteiger partial charge in [0.05, 0.1) is 11.7 Å². The summed E-state index contributed by atoms with van der Waals surface area (Å²) in [4.78, 5) is 0. The quantitative estimate of drug-likeness (QED) is 0.690. The van der Waals surface area contributed by atoms with Crippen LogP contribution in [0, 0.1) is 11.3 Å². The van der Waals surface area contributed by atoms with E-state index >= 15 is 0 Å². The monoisotopic (exact) mass is 212 g/mol. The van der Waals surface area contributed by atoms with Crippen LogP contribution in [-0.4, -0.2) is 21.9 Å². The van der Waals surface area contributed by atoms with Gasteiger partial charge in [-0.1, -0.05) is 26.8 Å². The summed E-state index contributed by atoms with van der Waals surface area (Å²) in [6, 6.07) is 0. The first-order valence-electron chi connectivity index (χ1n) is 5.80. The molecule has 0 saturated heterocycles. The molecular weight excluding hydrogens is 188 g/mol. The van der Waals surface area contributed by atoms with Gasteiger partial charge >= 0.3 is 0 Å². The van der Waals surface area contributed by atoms with Crippen molar-refractivity contribution in [2.75, 3.05) is 0 Å². The van der Waals surface area contributed by atoms with E-state index in [-0.39, 0.29) is 11.5 Å². The van der Waals surface area contributed by atoms with E-state index in [1.54, 1.807) is 6.08 Å². The Hall–Kier alpha value is -0.340. The number of hydrogen-bond donors (Lipinski definition) is 2. The average Bonchev–Trinajstić information content (AvgIpc) is 2.00. The molecule has 0 unspecified atom stereocenters. The Kier molecular flexibility index (Phi) is 3.62. The molecule has 88 valence electrons. The van der Waals surface area contributed by atoms with E-state index in [0.717, 1.165) is 12.8 Å². The first-order valence-corrected chi connectivity index (χ1v) is 5.80. The van der Waals surface area contributed by atoms with Crippen molar-refractivity contribution in [2.24, 2.45) is 11.3 Å². The molecule has 2 N–H and O–H groups in total. The van der Waals surface area contributed by atoms with Gasteiger partial charge in [-0.05, 0) is 30.6 Å². The first-order chi connectivity index (χ1) is 6.78. The maximum absolute atomic E-state index is 10.2. The molecule has 0 spiro atoms. The predicted octanol–water partition coefficient (Wildman–Crippen LogP) is 2.50. The third-order valence-corrected chi connectivity index (χ3v) is 3.61. The third kappa shape index (κ3) is 3.05. The second-order valence-electron chi connectivity index (χ2n) is 6.00. The van der Waals surface area contributed by atoms with E-state index < -0.39 is 5.60 Å². The molecule has 0 heterocycles. The predicted molar refractivity (Wildman–Crippen MR) is 62.6 cm³/mol. The van der Waals surface area contributed by atoms with E-state index in [2.05, 4.69) is 27.4 Å². The van der Waals surface area contributed by atoms with Crippen LogP contribution in [-0.2, 0) is 0 Å². The highest BCUT2D eigenvalue weighted by Crippen LogP contribution is 2.42. The Morgan fingerprint density at radius 1 is 1.47 bits per heavy atom. The normalized spacial score (nSPS) is 37.7. The molecule has 0 radical (unpaired) electrons. The van der Waals surface area contributed by atoms with E-state index in [1.807, 2.05) is 0 Å². The second kappa shape index (κ2) is 4.26. The van der Waals surface area contributed by atoms with Gasteiger partial charge in [-0.2, -0.15) is 0 Å². The summed E-state index contributed by atoms with van der Waals surface area (Å²) in [5, 5.41) is 20.3. The SMILES string of the molecule is C=CC[C@]1(O)CC[C@H](C(C)(C)C)[C@@H](O)C1. The molecule has 0 aliphatic heterocycles. The van der Waals surface area contributed by atoms with E-state index in [4.69, 9.17) is 0 Å². The lowest BCUT2D eigenvalue weighted by Gasteiger charge is -2.44. The zero-order valence-corrected chi connectivity index (χ0v) is 10.2. The first kappa shape index (κ1) is 12.7. The second-order valence-corrected chi connectivity index (χ2v) is 6.00. The van der Waals surface area contributed by atoms with Gasteiger partial charge in [0.2, 0.25) is 0 Å². The van der Waals surface area contributed by atoms with Crippen molar-refractivity contribution in [3.63, 3.8) is 0 Å². The molecule has 1 aliphatic carbocycles. The Morgan fingerprint density at radius 3 is 2.47 bits per heavy atom. The standard InChI is InChI=1S/C13H24O2/c1-5-7-13(15)8-6-10(11(14)9-13)12(2,3)4/h5,10-11,14-15H,1,6-9H2,2-4H3/t10-,11-,13-/m0/s1. The Labute approximate surface area is 93.0 Å². The summed E-state index contributed by atoms with van der Waals surface area (Å²) in [6.45, 7) is 10.1. The van der Waals surface area contributed by atoms with Gasteiger partial charge in [0.1, 0.15) is 0 Å². The summed E-state index contributed by atoms with van der Waals surface area (Å²) in [5.74, 6) is 0.294. The minimum atomic E-state index is -0.719. The number of aliphatic hydroxyl groups is 2. The minimum absolute atomic E-state index is 0.120. The van der Waals surface area contributed by atoms with Crippen LogP contribution in [0.2, 0.25) is 0 Å². The lowest BCUT2D eigenvalue weighted by molar-refractivity contribution is -0.0910. The summed E-state index contributed by atoms with van der Waals surface area (Å²) in [6.07, 6.45) is 4.10. The lowest BCUT2D eigenvalue weighted by Crippen LogP contribution is -2.45. The van der Waals surface area contributed by atoms with Crippen molar-refractivity contribution in [1.29, 1.82) is 0 Å². The maximum atomic E-state index is 10.2. The van der Waals surface area contributed by atoms with Crippen molar-refractivity contribution in [2.45, 2.75) is 58.2 Å². The lowest BCUT2D eigenvalue weighted by atomic mass is 9.66. The van der Waals surface area contributed by atoms with E-state index in [0.29, 0.717) is 18.8 Å². The third-order valence-electron chi connectivity index (χ3n) is 3.61. The molecule has 1 fully saturated rings. The van der Waals surface area contributed by atoms with Crippen LogP contribution in [0.5, 0.6) is 0 Å². The smallest absolute Gasteiger partial charge is 0.0706 e. The van der Waals surface area contributed by atoms with Crippen LogP contribution in [0.25, 0.3) is 0 Å². The molecule has 2 heteroatoms. The highest BCUT2D eigenvalue weighted by molar-refractivity contribution is 4.97. The zero-order chi connectivity index (χ0) is 11.7. The summed E-state index contributed by atoms with van der Waals surface area (Å²) in [5.41, 5.74) is -0.599. The van der Waals surface area contributed by atoms with Gasteiger partial charge < -0.3 is 10.2 Å². The van der Waals surface area contributed by atoms with Gasteiger partial charge in [-0.3, -0.25) is 0 Å². The van der Waals surface area contributed by atoms with Gasteiger partial charge in [0, 0.05) is 6.42 Å². The summed E-state index contributed by atoms with van der Waals surface area (Å²) < 4.78 is 0. The van der Waals surface area contributed by atoms with Gasteiger partial charge in [0.25, 0.3) is 0 Å². The summed E-state index contributed by atoms with van der Waals surface area (Å²) >= 11 is 0. The van der Waals surface area contributed by atoms with Crippen LogP contribution in [0.15, 0.2) is 12.7 Å². The summed E-state index contributed by atoms with van der Waals surface area (Å²) in [7, 11) is 0. The van der Waals surface area contributed by atoms with Crippen molar-refractivity contribution >= 4 is 0 Å².